The number of fused-ring (bicyclic) bond motifs is 1. The van der Waals surface area contributed by atoms with Gasteiger partial charge in [0.15, 0.2) is 0 Å². The highest BCUT2D eigenvalue weighted by atomic mass is 35.5. The van der Waals surface area contributed by atoms with Crippen molar-refractivity contribution in [3.8, 4) is 0 Å². The van der Waals surface area contributed by atoms with Crippen LogP contribution in [0, 0.1) is 5.92 Å². The van der Waals surface area contributed by atoms with Crippen LogP contribution in [0.1, 0.15) is 30.8 Å². The minimum Gasteiger partial charge on any atom is -0.391 e. The highest BCUT2D eigenvalue weighted by Crippen LogP contribution is 2.20. The van der Waals surface area contributed by atoms with Gasteiger partial charge in [-0.05, 0) is 36.6 Å². The Morgan fingerprint density at radius 3 is 2.85 bits per heavy atom. The molecule has 3 N–H and O–H groups in total. The van der Waals surface area contributed by atoms with Crippen molar-refractivity contribution in [2.24, 2.45) is 5.92 Å². The number of benzene rings is 1. The summed E-state index contributed by atoms with van der Waals surface area (Å²) in [4.78, 5) is 15.0. The zero-order valence-electron chi connectivity index (χ0n) is 11.6. The number of aliphatic hydroxyl groups is 1. The van der Waals surface area contributed by atoms with Gasteiger partial charge in [-0.1, -0.05) is 25.4 Å². The van der Waals surface area contributed by atoms with Gasteiger partial charge in [-0.3, -0.25) is 4.79 Å². The summed E-state index contributed by atoms with van der Waals surface area (Å²) in [6, 6.07) is 7.17. The van der Waals surface area contributed by atoms with E-state index in [9.17, 15) is 9.90 Å². The maximum Gasteiger partial charge on any atom is 0.267 e. The number of rotatable bonds is 5. The Balaban J connectivity index is 2.00. The lowest BCUT2D eigenvalue weighted by Gasteiger charge is -2.13. The standard InChI is InChI=1S/C15H19ClN2O2/c1-9(2)5-12(19)8-17-15(20)14-7-10-6-11(16)3-4-13(10)18-14/h3-4,6-7,9,12,18-19H,5,8H2,1-2H3,(H,17,20). The number of carbonyl (C=O) groups is 1. The zero-order chi connectivity index (χ0) is 14.7. The van der Waals surface area contributed by atoms with Crippen molar-refractivity contribution in [1.82, 2.24) is 10.3 Å². The molecule has 1 heterocycles. The Hall–Kier alpha value is -1.52. The van der Waals surface area contributed by atoms with E-state index in [-0.39, 0.29) is 12.5 Å². The summed E-state index contributed by atoms with van der Waals surface area (Å²) in [6.45, 7) is 4.33. The summed E-state index contributed by atoms with van der Waals surface area (Å²) in [6.07, 6.45) is 0.153. The topological polar surface area (TPSA) is 65.1 Å². The summed E-state index contributed by atoms with van der Waals surface area (Å²) in [5.74, 6) is 0.178. The van der Waals surface area contributed by atoms with Gasteiger partial charge in [-0.25, -0.2) is 0 Å². The predicted molar refractivity (Wildman–Crippen MR) is 81.1 cm³/mol. The molecule has 2 rings (SSSR count). The molecule has 0 aliphatic heterocycles. The van der Waals surface area contributed by atoms with Crippen LogP contribution in [0.15, 0.2) is 24.3 Å². The molecule has 1 aromatic heterocycles. The van der Waals surface area contributed by atoms with Gasteiger partial charge in [-0.2, -0.15) is 0 Å². The molecule has 2 aromatic rings. The molecule has 1 amide bonds. The van der Waals surface area contributed by atoms with Crippen LogP contribution >= 0.6 is 11.6 Å². The maximum absolute atomic E-state index is 12.0. The minimum absolute atomic E-state index is 0.222. The molecule has 0 aliphatic rings. The third-order valence-corrected chi connectivity index (χ3v) is 3.30. The third-order valence-electron chi connectivity index (χ3n) is 3.07. The summed E-state index contributed by atoms with van der Waals surface area (Å²) >= 11 is 5.91. The number of aromatic amines is 1. The average Bonchev–Trinajstić information content (AvgIpc) is 2.78. The number of halogens is 1. The van der Waals surface area contributed by atoms with Crippen molar-refractivity contribution >= 4 is 28.4 Å². The second kappa shape index (κ2) is 6.29. The molecule has 0 fully saturated rings. The Labute approximate surface area is 123 Å². The second-order valence-electron chi connectivity index (χ2n) is 5.41. The van der Waals surface area contributed by atoms with Gasteiger partial charge in [0.05, 0.1) is 6.10 Å². The number of hydrogen-bond donors (Lipinski definition) is 3. The number of aliphatic hydroxyl groups excluding tert-OH is 1. The molecule has 20 heavy (non-hydrogen) atoms. The van der Waals surface area contributed by atoms with Crippen LogP contribution < -0.4 is 5.32 Å². The number of aromatic nitrogens is 1. The van der Waals surface area contributed by atoms with Gasteiger partial charge >= 0.3 is 0 Å². The number of hydrogen-bond acceptors (Lipinski definition) is 2. The van der Waals surface area contributed by atoms with E-state index in [2.05, 4.69) is 10.3 Å². The fraction of sp³-hybridized carbons (Fsp3) is 0.400. The molecule has 0 bridgehead atoms. The Kier molecular flexibility index (Phi) is 4.68. The molecule has 1 unspecified atom stereocenters. The van der Waals surface area contributed by atoms with Gasteiger partial charge in [0, 0.05) is 22.5 Å². The molecular weight excluding hydrogens is 276 g/mol. The number of amides is 1. The SMILES string of the molecule is CC(C)CC(O)CNC(=O)c1cc2cc(Cl)ccc2[nH]1. The van der Waals surface area contributed by atoms with Gasteiger partial charge in [0.25, 0.3) is 5.91 Å². The van der Waals surface area contributed by atoms with E-state index < -0.39 is 6.10 Å². The first-order valence-electron chi connectivity index (χ1n) is 6.70. The monoisotopic (exact) mass is 294 g/mol. The summed E-state index contributed by atoms with van der Waals surface area (Å²) in [5, 5.41) is 14.0. The predicted octanol–water partition coefficient (Wildman–Crippen LogP) is 2.96. The van der Waals surface area contributed by atoms with Crippen LogP contribution in [0.5, 0.6) is 0 Å². The van der Waals surface area contributed by atoms with Crippen LogP contribution in [0.4, 0.5) is 0 Å². The van der Waals surface area contributed by atoms with Crippen molar-refractivity contribution in [3.63, 3.8) is 0 Å². The van der Waals surface area contributed by atoms with Gasteiger partial charge in [0.2, 0.25) is 0 Å². The summed E-state index contributed by atoms with van der Waals surface area (Å²) in [7, 11) is 0. The minimum atomic E-state index is -0.516. The van der Waals surface area contributed by atoms with E-state index in [1.54, 1.807) is 18.2 Å². The fourth-order valence-electron chi connectivity index (χ4n) is 2.16. The lowest BCUT2D eigenvalue weighted by molar-refractivity contribution is 0.0896. The largest absolute Gasteiger partial charge is 0.391 e. The molecule has 0 saturated carbocycles. The first kappa shape index (κ1) is 14.9. The number of H-pyrrole nitrogens is 1. The smallest absolute Gasteiger partial charge is 0.267 e. The molecule has 0 spiro atoms. The second-order valence-corrected chi connectivity index (χ2v) is 5.84. The van der Waals surface area contributed by atoms with Crippen molar-refractivity contribution in [1.29, 1.82) is 0 Å². The van der Waals surface area contributed by atoms with Gasteiger partial charge < -0.3 is 15.4 Å². The normalized spacial score (nSPS) is 12.8. The lowest BCUT2D eigenvalue weighted by Crippen LogP contribution is -2.32. The molecule has 5 heteroatoms. The molecule has 108 valence electrons. The first-order valence-corrected chi connectivity index (χ1v) is 7.08. The Morgan fingerprint density at radius 2 is 2.15 bits per heavy atom. The molecule has 0 radical (unpaired) electrons. The molecule has 1 aromatic carbocycles. The number of nitrogens with one attached hydrogen (secondary N) is 2. The zero-order valence-corrected chi connectivity index (χ0v) is 12.4. The van der Waals surface area contributed by atoms with Crippen molar-refractivity contribution in [2.45, 2.75) is 26.4 Å². The lowest BCUT2D eigenvalue weighted by atomic mass is 10.1. The quantitative estimate of drug-likeness (QED) is 0.794. The van der Waals surface area contributed by atoms with Crippen molar-refractivity contribution in [3.05, 3.63) is 35.0 Å². The van der Waals surface area contributed by atoms with E-state index in [4.69, 9.17) is 11.6 Å². The van der Waals surface area contributed by atoms with E-state index >= 15 is 0 Å². The molecule has 4 nitrogen and oxygen atoms in total. The summed E-state index contributed by atoms with van der Waals surface area (Å²) in [5.41, 5.74) is 1.33. The van der Waals surface area contributed by atoms with Gasteiger partial charge in [0.1, 0.15) is 5.69 Å². The molecule has 1 atom stereocenters. The van der Waals surface area contributed by atoms with E-state index in [1.807, 2.05) is 19.9 Å². The highest BCUT2D eigenvalue weighted by Gasteiger charge is 2.12. The van der Waals surface area contributed by atoms with Crippen LogP contribution in [0.2, 0.25) is 5.02 Å². The van der Waals surface area contributed by atoms with E-state index in [1.165, 1.54) is 0 Å². The van der Waals surface area contributed by atoms with Crippen LogP contribution in [-0.2, 0) is 0 Å². The van der Waals surface area contributed by atoms with Gasteiger partial charge in [-0.15, -0.1) is 0 Å². The first-order chi connectivity index (χ1) is 9.45. The average molecular weight is 295 g/mol. The van der Waals surface area contributed by atoms with Crippen LogP contribution in [0.3, 0.4) is 0 Å². The third kappa shape index (κ3) is 3.74. The Bertz CT molecular complexity index is 607. The Morgan fingerprint density at radius 1 is 1.40 bits per heavy atom. The molecule has 0 aliphatic carbocycles. The van der Waals surface area contributed by atoms with Crippen LogP contribution in [-0.4, -0.2) is 28.6 Å². The molecular formula is C15H19ClN2O2. The van der Waals surface area contributed by atoms with Crippen molar-refractivity contribution < 1.29 is 9.90 Å². The number of carbonyl (C=O) groups excluding carboxylic acids is 1. The molecule has 0 saturated heterocycles. The van der Waals surface area contributed by atoms with E-state index in [0.29, 0.717) is 23.1 Å². The fourth-order valence-corrected chi connectivity index (χ4v) is 2.34. The highest BCUT2D eigenvalue weighted by molar-refractivity contribution is 6.31. The van der Waals surface area contributed by atoms with Crippen molar-refractivity contribution in [2.75, 3.05) is 6.54 Å². The maximum atomic E-state index is 12.0. The van der Waals surface area contributed by atoms with E-state index in [0.717, 1.165) is 10.9 Å². The van der Waals surface area contributed by atoms with Crippen LogP contribution in [0.25, 0.3) is 10.9 Å². The summed E-state index contributed by atoms with van der Waals surface area (Å²) < 4.78 is 0.